The average Bonchev–Trinajstić information content (AvgIpc) is 1.74. The fourth-order valence-electron chi connectivity index (χ4n) is 1.97. The Kier molecular flexibility index (Phi) is 2.45. The van der Waals surface area contributed by atoms with Crippen LogP contribution in [-0.4, -0.2) is 11.1 Å². The molecule has 1 aliphatic carbocycles. The Bertz CT molecular complexity index is 173. The Morgan fingerprint density at radius 1 is 1.42 bits per heavy atom. The Hall–Kier alpha value is -0.530. The molecule has 0 heterocycles. The van der Waals surface area contributed by atoms with E-state index in [0.29, 0.717) is 11.3 Å². The van der Waals surface area contributed by atoms with E-state index in [0.717, 1.165) is 19.3 Å². The molecule has 1 N–H and O–H groups in total. The van der Waals surface area contributed by atoms with Crippen molar-refractivity contribution >= 4 is 5.97 Å². The van der Waals surface area contributed by atoms with Gasteiger partial charge in [-0.2, -0.15) is 0 Å². The normalized spacial score (nSPS) is 29.6. The molecule has 0 amide bonds. The van der Waals surface area contributed by atoms with E-state index >= 15 is 0 Å². The first-order valence-corrected chi connectivity index (χ1v) is 4.61. The molecule has 0 unspecified atom stereocenters. The molecule has 0 aromatic carbocycles. The first-order chi connectivity index (χ1) is 5.38. The zero-order chi connectivity index (χ0) is 9.35. The second kappa shape index (κ2) is 3.08. The predicted octanol–water partition coefficient (Wildman–Crippen LogP) is 2.53. The van der Waals surface area contributed by atoms with Crippen LogP contribution in [0.1, 0.15) is 40.0 Å². The second-order valence-electron chi connectivity index (χ2n) is 5.14. The number of carboxylic acid groups (broad SMARTS) is 1. The van der Waals surface area contributed by atoms with E-state index in [1.165, 1.54) is 0 Å². The summed E-state index contributed by atoms with van der Waals surface area (Å²) in [4.78, 5) is 10.5. The minimum atomic E-state index is -0.611. The summed E-state index contributed by atoms with van der Waals surface area (Å²) in [5.74, 6) is 0.00334. The molecule has 1 aliphatic rings. The first kappa shape index (κ1) is 9.56. The van der Waals surface area contributed by atoms with Gasteiger partial charge in [-0.1, -0.05) is 20.8 Å². The van der Waals surface area contributed by atoms with Crippen molar-refractivity contribution in [2.75, 3.05) is 0 Å². The van der Waals surface area contributed by atoms with Crippen LogP contribution in [0.25, 0.3) is 0 Å². The predicted molar refractivity (Wildman–Crippen MR) is 47.9 cm³/mol. The number of rotatable bonds is 2. The maximum absolute atomic E-state index is 10.5. The van der Waals surface area contributed by atoms with Crippen molar-refractivity contribution in [1.82, 2.24) is 0 Å². The van der Waals surface area contributed by atoms with Gasteiger partial charge in [0, 0.05) is 0 Å². The van der Waals surface area contributed by atoms with Crippen LogP contribution in [0.5, 0.6) is 0 Å². The Morgan fingerprint density at radius 2 is 1.92 bits per heavy atom. The largest absolute Gasteiger partial charge is 0.481 e. The maximum atomic E-state index is 10.5. The molecule has 0 aromatic rings. The highest BCUT2D eigenvalue weighted by Crippen LogP contribution is 2.41. The Morgan fingerprint density at radius 3 is 2.25 bits per heavy atom. The van der Waals surface area contributed by atoms with Gasteiger partial charge in [-0.3, -0.25) is 4.79 Å². The fraction of sp³-hybridized carbons (Fsp3) is 0.900. The summed E-state index contributed by atoms with van der Waals surface area (Å²) >= 11 is 0. The van der Waals surface area contributed by atoms with Crippen LogP contribution in [0.4, 0.5) is 0 Å². The minimum Gasteiger partial charge on any atom is -0.481 e. The van der Waals surface area contributed by atoms with Crippen LogP contribution in [0, 0.1) is 17.3 Å². The summed E-state index contributed by atoms with van der Waals surface area (Å²) in [5, 5.41) is 8.65. The standard InChI is InChI=1S/C10H18O2/c1-10(2,3)6-7-4-8(5-7)9(11)12/h7-8H,4-6H2,1-3H3,(H,11,12). The Labute approximate surface area is 74.0 Å². The molecule has 0 bridgehead atoms. The van der Waals surface area contributed by atoms with Gasteiger partial charge in [0.1, 0.15) is 0 Å². The lowest BCUT2D eigenvalue weighted by Gasteiger charge is -2.36. The molecule has 0 radical (unpaired) electrons. The lowest BCUT2D eigenvalue weighted by Crippen LogP contribution is -2.32. The van der Waals surface area contributed by atoms with Gasteiger partial charge in [-0.05, 0) is 30.6 Å². The molecule has 0 spiro atoms. The summed E-state index contributed by atoms with van der Waals surface area (Å²) in [6.45, 7) is 6.63. The van der Waals surface area contributed by atoms with E-state index in [9.17, 15) is 4.79 Å². The molecule has 0 atom stereocenters. The van der Waals surface area contributed by atoms with Crippen LogP contribution < -0.4 is 0 Å². The number of carbonyl (C=O) groups is 1. The molecule has 1 rings (SSSR count). The molecule has 0 saturated heterocycles. The van der Waals surface area contributed by atoms with E-state index in [4.69, 9.17) is 5.11 Å². The fourth-order valence-corrected chi connectivity index (χ4v) is 1.97. The van der Waals surface area contributed by atoms with Crippen LogP contribution >= 0.6 is 0 Å². The first-order valence-electron chi connectivity index (χ1n) is 4.61. The number of carboxylic acids is 1. The molecule has 1 saturated carbocycles. The summed E-state index contributed by atoms with van der Waals surface area (Å²) in [6.07, 6.45) is 2.95. The minimum absolute atomic E-state index is 0.0441. The van der Waals surface area contributed by atoms with Gasteiger partial charge in [0.2, 0.25) is 0 Å². The molecular weight excluding hydrogens is 152 g/mol. The van der Waals surface area contributed by atoms with Crippen LogP contribution in [0.3, 0.4) is 0 Å². The van der Waals surface area contributed by atoms with Crippen molar-refractivity contribution in [3.8, 4) is 0 Å². The van der Waals surface area contributed by atoms with Crippen molar-refractivity contribution in [3.63, 3.8) is 0 Å². The average molecular weight is 170 g/mol. The zero-order valence-corrected chi connectivity index (χ0v) is 8.13. The van der Waals surface area contributed by atoms with Gasteiger partial charge >= 0.3 is 5.97 Å². The van der Waals surface area contributed by atoms with Crippen molar-refractivity contribution in [1.29, 1.82) is 0 Å². The zero-order valence-electron chi connectivity index (χ0n) is 8.13. The molecule has 70 valence electrons. The highest BCUT2D eigenvalue weighted by Gasteiger charge is 2.36. The van der Waals surface area contributed by atoms with Crippen molar-refractivity contribution in [2.45, 2.75) is 40.0 Å². The van der Waals surface area contributed by atoms with E-state index in [1.54, 1.807) is 0 Å². The third-order valence-corrected chi connectivity index (χ3v) is 2.49. The highest BCUT2D eigenvalue weighted by atomic mass is 16.4. The van der Waals surface area contributed by atoms with E-state index in [1.807, 2.05) is 0 Å². The van der Waals surface area contributed by atoms with E-state index in [-0.39, 0.29) is 5.92 Å². The second-order valence-corrected chi connectivity index (χ2v) is 5.14. The summed E-state index contributed by atoms with van der Waals surface area (Å²) in [7, 11) is 0. The SMILES string of the molecule is CC(C)(C)CC1CC(C(=O)O)C1. The van der Waals surface area contributed by atoms with E-state index < -0.39 is 5.97 Å². The van der Waals surface area contributed by atoms with Gasteiger partial charge in [0.15, 0.2) is 0 Å². The monoisotopic (exact) mass is 170 g/mol. The van der Waals surface area contributed by atoms with Crippen LogP contribution in [-0.2, 0) is 4.79 Å². The molecule has 0 aromatic heterocycles. The van der Waals surface area contributed by atoms with Crippen molar-refractivity contribution in [2.24, 2.45) is 17.3 Å². The number of aliphatic carboxylic acids is 1. The number of hydrogen-bond acceptors (Lipinski definition) is 1. The summed E-state index contributed by atoms with van der Waals surface area (Å²) in [6, 6.07) is 0. The lowest BCUT2D eigenvalue weighted by molar-refractivity contribution is -0.146. The van der Waals surface area contributed by atoms with Gasteiger partial charge < -0.3 is 5.11 Å². The molecule has 12 heavy (non-hydrogen) atoms. The maximum Gasteiger partial charge on any atom is 0.306 e. The Balaban J connectivity index is 2.22. The van der Waals surface area contributed by atoms with Crippen LogP contribution in [0.15, 0.2) is 0 Å². The van der Waals surface area contributed by atoms with Gasteiger partial charge in [0.05, 0.1) is 5.92 Å². The third-order valence-electron chi connectivity index (χ3n) is 2.49. The molecule has 2 nitrogen and oxygen atoms in total. The van der Waals surface area contributed by atoms with Gasteiger partial charge in [-0.25, -0.2) is 0 Å². The quantitative estimate of drug-likeness (QED) is 0.691. The van der Waals surface area contributed by atoms with Gasteiger partial charge in [-0.15, -0.1) is 0 Å². The smallest absolute Gasteiger partial charge is 0.306 e. The highest BCUT2D eigenvalue weighted by molar-refractivity contribution is 5.71. The third kappa shape index (κ3) is 2.50. The molecule has 0 aliphatic heterocycles. The molecule has 1 fully saturated rings. The van der Waals surface area contributed by atoms with Crippen molar-refractivity contribution < 1.29 is 9.90 Å². The number of hydrogen-bond donors (Lipinski definition) is 1. The summed E-state index contributed by atoms with van der Waals surface area (Å²) < 4.78 is 0. The summed E-state index contributed by atoms with van der Waals surface area (Å²) in [5.41, 5.74) is 0.355. The topological polar surface area (TPSA) is 37.3 Å². The lowest BCUT2D eigenvalue weighted by atomic mass is 9.68. The van der Waals surface area contributed by atoms with Crippen molar-refractivity contribution in [3.05, 3.63) is 0 Å². The molecular formula is C10H18O2. The molecule has 2 heteroatoms. The van der Waals surface area contributed by atoms with Crippen LogP contribution in [0.2, 0.25) is 0 Å². The van der Waals surface area contributed by atoms with Gasteiger partial charge in [0.25, 0.3) is 0 Å². The van der Waals surface area contributed by atoms with E-state index in [2.05, 4.69) is 20.8 Å².